The van der Waals surface area contributed by atoms with Crippen LogP contribution in [0, 0.1) is 21.7 Å². The number of nitro groups is 1. The van der Waals surface area contributed by atoms with Gasteiger partial charge in [-0.2, -0.15) is 0 Å². The van der Waals surface area contributed by atoms with Crippen molar-refractivity contribution in [2.24, 2.45) is 0 Å². The summed E-state index contributed by atoms with van der Waals surface area (Å²) in [4.78, 5) is 38.5. The highest BCUT2D eigenvalue weighted by molar-refractivity contribution is 7.22. The summed E-state index contributed by atoms with van der Waals surface area (Å²) in [6.45, 7) is 0. The fraction of sp³-hybridized carbons (Fsp3) is 0. The summed E-state index contributed by atoms with van der Waals surface area (Å²) < 4.78 is 32.2. The average Bonchev–Trinajstić information content (AvgIpc) is 3.34. The normalized spacial score (nSPS) is 10.8. The van der Waals surface area contributed by atoms with E-state index in [-0.39, 0.29) is 16.5 Å². The van der Waals surface area contributed by atoms with Gasteiger partial charge in [-0.3, -0.25) is 25.0 Å². The van der Waals surface area contributed by atoms with Crippen molar-refractivity contribution < 1.29 is 27.7 Å². The van der Waals surface area contributed by atoms with E-state index in [2.05, 4.69) is 15.6 Å². The highest BCUT2D eigenvalue weighted by Gasteiger charge is 2.18. The van der Waals surface area contributed by atoms with Crippen molar-refractivity contribution in [3.05, 3.63) is 81.6 Å². The standard InChI is InChI=1S/C19H10F2N4O5S/c20-9-1-3-11(12(21)7-9)17(26)24-19-23-13-4-2-10(8-15(13)31-19)22-18(27)14-5-6-16(30-14)25(28)29/h1-8H,(H,22,27)(H,23,24,26). The van der Waals surface area contributed by atoms with Gasteiger partial charge in [0.15, 0.2) is 10.9 Å². The van der Waals surface area contributed by atoms with Gasteiger partial charge in [0.2, 0.25) is 0 Å². The van der Waals surface area contributed by atoms with E-state index in [0.29, 0.717) is 22.0 Å². The molecule has 0 unspecified atom stereocenters. The Balaban J connectivity index is 1.50. The molecule has 0 aliphatic rings. The van der Waals surface area contributed by atoms with Crippen LogP contribution < -0.4 is 10.6 Å². The number of carbonyl (C=O) groups excluding carboxylic acids is 2. The summed E-state index contributed by atoms with van der Waals surface area (Å²) in [7, 11) is 0. The Bertz CT molecular complexity index is 1350. The number of rotatable bonds is 5. The Labute approximate surface area is 175 Å². The average molecular weight is 444 g/mol. The molecule has 0 atom stereocenters. The molecule has 2 amide bonds. The van der Waals surface area contributed by atoms with Gasteiger partial charge >= 0.3 is 5.88 Å². The topological polar surface area (TPSA) is 127 Å². The van der Waals surface area contributed by atoms with Crippen LogP contribution in [0.1, 0.15) is 20.9 Å². The molecule has 9 nitrogen and oxygen atoms in total. The molecule has 0 aliphatic carbocycles. The maximum Gasteiger partial charge on any atom is 0.433 e. The number of nitrogens with one attached hydrogen (secondary N) is 2. The lowest BCUT2D eigenvalue weighted by Gasteiger charge is -2.02. The van der Waals surface area contributed by atoms with Gasteiger partial charge < -0.3 is 9.73 Å². The number of benzene rings is 2. The number of fused-ring (bicyclic) bond motifs is 1. The van der Waals surface area contributed by atoms with Gasteiger partial charge in [-0.25, -0.2) is 13.8 Å². The zero-order valence-electron chi connectivity index (χ0n) is 15.2. The van der Waals surface area contributed by atoms with Crippen LogP contribution in [0.25, 0.3) is 10.2 Å². The number of hydrogen-bond acceptors (Lipinski definition) is 7. The van der Waals surface area contributed by atoms with Crippen molar-refractivity contribution in [1.29, 1.82) is 0 Å². The molecule has 0 saturated heterocycles. The Morgan fingerprint density at radius 2 is 1.84 bits per heavy atom. The molecule has 0 fully saturated rings. The molecule has 4 aromatic rings. The van der Waals surface area contributed by atoms with Crippen molar-refractivity contribution in [3.8, 4) is 0 Å². The van der Waals surface area contributed by atoms with Crippen LogP contribution in [-0.2, 0) is 0 Å². The summed E-state index contributed by atoms with van der Waals surface area (Å²) >= 11 is 1.07. The van der Waals surface area contributed by atoms with Crippen LogP contribution >= 0.6 is 11.3 Å². The molecule has 31 heavy (non-hydrogen) atoms. The molecule has 0 bridgehead atoms. The van der Waals surface area contributed by atoms with E-state index >= 15 is 0 Å². The number of nitrogens with zero attached hydrogens (tertiary/aromatic N) is 2. The number of halogens is 2. The maximum absolute atomic E-state index is 13.8. The zero-order valence-corrected chi connectivity index (χ0v) is 16.0. The minimum Gasteiger partial charge on any atom is -0.395 e. The second-order valence-corrected chi connectivity index (χ2v) is 7.16. The van der Waals surface area contributed by atoms with E-state index in [9.17, 15) is 28.5 Å². The third-order valence-corrected chi connectivity index (χ3v) is 4.97. The summed E-state index contributed by atoms with van der Waals surface area (Å²) in [5.41, 5.74) is 0.537. The number of hydrogen-bond donors (Lipinski definition) is 2. The molecule has 0 aliphatic heterocycles. The first-order valence-corrected chi connectivity index (χ1v) is 9.34. The van der Waals surface area contributed by atoms with E-state index in [4.69, 9.17) is 4.42 Å². The van der Waals surface area contributed by atoms with Crippen molar-refractivity contribution in [3.63, 3.8) is 0 Å². The van der Waals surface area contributed by atoms with Crippen LogP contribution in [0.4, 0.5) is 25.5 Å². The highest BCUT2D eigenvalue weighted by Crippen LogP contribution is 2.29. The lowest BCUT2D eigenvalue weighted by Crippen LogP contribution is -2.13. The summed E-state index contributed by atoms with van der Waals surface area (Å²) in [6.07, 6.45) is 0. The number of thiazole rings is 1. The molecular weight excluding hydrogens is 434 g/mol. The fourth-order valence-corrected chi connectivity index (χ4v) is 3.53. The van der Waals surface area contributed by atoms with E-state index < -0.39 is 34.3 Å². The predicted octanol–water partition coefficient (Wildman–Crippen LogP) is 4.58. The van der Waals surface area contributed by atoms with Crippen LogP contribution in [0.3, 0.4) is 0 Å². The monoisotopic (exact) mass is 444 g/mol. The Hall–Kier alpha value is -4.19. The van der Waals surface area contributed by atoms with E-state index in [0.717, 1.165) is 29.5 Å². The molecule has 156 valence electrons. The first-order valence-electron chi connectivity index (χ1n) is 8.53. The molecule has 2 heterocycles. The van der Waals surface area contributed by atoms with Crippen molar-refractivity contribution in [2.45, 2.75) is 0 Å². The van der Waals surface area contributed by atoms with Crippen LogP contribution in [0.15, 0.2) is 52.9 Å². The molecule has 12 heteroatoms. The molecule has 2 aromatic heterocycles. The quantitative estimate of drug-likeness (QED) is 0.343. The first kappa shape index (κ1) is 20.1. The summed E-state index contributed by atoms with van der Waals surface area (Å²) in [5, 5.41) is 15.8. The highest BCUT2D eigenvalue weighted by atomic mass is 32.1. The molecule has 4 rings (SSSR count). The third kappa shape index (κ3) is 4.23. The Morgan fingerprint density at radius 3 is 2.55 bits per heavy atom. The maximum atomic E-state index is 13.8. The fourth-order valence-electron chi connectivity index (χ4n) is 2.63. The number of furan rings is 1. The SMILES string of the molecule is O=C(Nc1ccc2nc(NC(=O)c3ccc(F)cc3F)sc2c1)c1ccc([N+](=O)[O-])o1. The Morgan fingerprint density at radius 1 is 1.03 bits per heavy atom. The second-order valence-electron chi connectivity index (χ2n) is 6.13. The summed E-state index contributed by atoms with van der Waals surface area (Å²) in [5.74, 6) is -4.05. The zero-order chi connectivity index (χ0) is 22.1. The molecule has 0 saturated carbocycles. The lowest BCUT2D eigenvalue weighted by atomic mass is 10.2. The second kappa shape index (κ2) is 7.91. The molecule has 2 N–H and O–H groups in total. The largest absolute Gasteiger partial charge is 0.433 e. The van der Waals surface area contributed by atoms with Crippen LogP contribution in [-0.4, -0.2) is 21.7 Å². The van der Waals surface area contributed by atoms with Gasteiger partial charge in [0.1, 0.15) is 16.6 Å². The van der Waals surface area contributed by atoms with E-state index in [1.165, 1.54) is 6.07 Å². The summed E-state index contributed by atoms with van der Waals surface area (Å²) in [6, 6.07) is 9.56. The number of aromatic nitrogens is 1. The minimum absolute atomic E-state index is 0.175. The smallest absolute Gasteiger partial charge is 0.395 e. The van der Waals surface area contributed by atoms with Crippen molar-refractivity contribution in [1.82, 2.24) is 4.98 Å². The number of carbonyl (C=O) groups is 2. The van der Waals surface area contributed by atoms with Gasteiger partial charge in [0.25, 0.3) is 11.8 Å². The number of amides is 2. The van der Waals surface area contributed by atoms with Crippen molar-refractivity contribution >= 4 is 50.1 Å². The molecular formula is C19H10F2N4O5S. The van der Waals surface area contributed by atoms with Gasteiger partial charge in [-0.1, -0.05) is 11.3 Å². The van der Waals surface area contributed by atoms with Gasteiger partial charge in [-0.05, 0) is 36.4 Å². The van der Waals surface area contributed by atoms with E-state index in [1.54, 1.807) is 18.2 Å². The predicted molar refractivity (Wildman–Crippen MR) is 107 cm³/mol. The third-order valence-electron chi connectivity index (χ3n) is 4.04. The lowest BCUT2D eigenvalue weighted by molar-refractivity contribution is -0.402. The molecule has 2 aromatic carbocycles. The molecule has 0 radical (unpaired) electrons. The number of anilines is 2. The van der Waals surface area contributed by atoms with Gasteiger partial charge in [-0.15, -0.1) is 0 Å². The van der Waals surface area contributed by atoms with Crippen LogP contribution in [0.5, 0.6) is 0 Å². The van der Waals surface area contributed by atoms with E-state index in [1.807, 2.05) is 0 Å². The van der Waals surface area contributed by atoms with Crippen LogP contribution in [0.2, 0.25) is 0 Å². The van der Waals surface area contributed by atoms with Gasteiger partial charge in [0, 0.05) is 11.8 Å². The molecule has 0 spiro atoms. The first-order chi connectivity index (χ1) is 14.8. The minimum atomic E-state index is -0.998. The van der Waals surface area contributed by atoms with Gasteiger partial charge in [0.05, 0.1) is 21.8 Å². The van der Waals surface area contributed by atoms with Crippen molar-refractivity contribution in [2.75, 3.05) is 10.6 Å². The Kier molecular flexibility index (Phi) is 5.13.